The minimum absolute atomic E-state index is 0.336. The Morgan fingerprint density at radius 3 is 0.950 bits per heavy atom. The van der Waals surface area contributed by atoms with Crippen molar-refractivity contribution in [3.05, 3.63) is 133 Å². The molecule has 4 aromatic rings. The van der Waals surface area contributed by atoms with Crippen molar-refractivity contribution >= 4 is 48.8 Å². The van der Waals surface area contributed by atoms with E-state index < -0.39 is 39.2 Å². The topological polar surface area (TPSA) is 74.6 Å². The standard InChI is InChI=1S/C34H36O4Si2/c1-39(27-17-7-3-8-18-27,28-19-9-4-10-20-28)31(33(35)36)25-15-16-26-32(34(37)38)40(2,29-21-11-5-12-22-29)30-23-13-6-14-24-30/h3-24,31-32H,25-26H2,1-2H3,(H,35,36)(H,37,38)/b16-15+. The highest BCUT2D eigenvalue weighted by Crippen LogP contribution is 2.30. The Morgan fingerprint density at radius 1 is 0.525 bits per heavy atom. The first-order valence-corrected chi connectivity index (χ1v) is 18.8. The van der Waals surface area contributed by atoms with Crippen LogP contribution in [0.4, 0.5) is 0 Å². The van der Waals surface area contributed by atoms with Crippen LogP contribution in [0.15, 0.2) is 133 Å². The van der Waals surface area contributed by atoms with E-state index in [1.165, 1.54) is 0 Å². The summed E-state index contributed by atoms with van der Waals surface area (Å²) in [4.78, 5) is 25.5. The van der Waals surface area contributed by atoms with Crippen LogP contribution >= 0.6 is 0 Å². The van der Waals surface area contributed by atoms with E-state index >= 15 is 0 Å². The maximum Gasteiger partial charge on any atom is 0.304 e. The van der Waals surface area contributed by atoms with E-state index in [0.717, 1.165) is 20.7 Å². The first-order chi connectivity index (χ1) is 19.3. The van der Waals surface area contributed by atoms with Crippen LogP contribution in [0, 0.1) is 0 Å². The van der Waals surface area contributed by atoms with Crippen molar-refractivity contribution in [1.29, 1.82) is 0 Å². The van der Waals surface area contributed by atoms with E-state index in [1.54, 1.807) is 0 Å². The Bertz CT molecular complexity index is 1230. The van der Waals surface area contributed by atoms with Crippen molar-refractivity contribution in [1.82, 2.24) is 0 Å². The van der Waals surface area contributed by atoms with Crippen molar-refractivity contribution in [2.75, 3.05) is 0 Å². The minimum Gasteiger partial charge on any atom is -0.481 e. The van der Waals surface area contributed by atoms with Gasteiger partial charge in [-0.3, -0.25) is 9.59 Å². The molecule has 0 aliphatic rings. The molecule has 0 heterocycles. The molecule has 0 radical (unpaired) electrons. The molecule has 204 valence electrons. The summed E-state index contributed by atoms with van der Waals surface area (Å²) in [6, 6.07) is 39.8. The molecule has 2 unspecified atom stereocenters. The van der Waals surface area contributed by atoms with E-state index in [9.17, 15) is 19.8 Å². The van der Waals surface area contributed by atoms with Gasteiger partial charge in [0.1, 0.15) is 16.1 Å². The normalized spacial score (nSPS) is 13.6. The molecule has 2 atom stereocenters. The van der Waals surface area contributed by atoms with Gasteiger partial charge >= 0.3 is 11.9 Å². The SMILES string of the molecule is C[Si](c1ccccc1)(c1ccccc1)C(C/C=C/CC(C(=O)O)[Si](C)(c1ccccc1)c1ccccc1)C(=O)O. The third-order valence-electron chi connectivity index (χ3n) is 8.39. The third kappa shape index (κ3) is 5.93. The summed E-state index contributed by atoms with van der Waals surface area (Å²) in [5, 5.41) is 25.2. The fraction of sp³-hybridized carbons (Fsp3) is 0.176. The molecular weight excluding hydrogens is 529 g/mol. The van der Waals surface area contributed by atoms with Gasteiger partial charge in [0.25, 0.3) is 0 Å². The Hall–Kier alpha value is -4.01. The summed E-state index contributed by atoms with van der Waals surface area (Å²) < 4.78 is 0. The second-order valence-corrected chi connectivity index (χ2v) is 19.1. The number of benzene rings is 4. The Labute approximate surface area is 238 Å². The number of allylic oxidation sites excluding steroid dienone is 2. The van der Waals surface area contributed by atoms with E-state index in [1.807, 2.05) is 133 Å². The molecule has 0 bridgehead atoms. The molecule has 6 heteroatoms. The van der Waals surface area contributed by atoms with Gasteiger partial charge < -0.3 is 10.2 Å². The third-order valence-corrected chi connectivity index (χ3v) is 18.3. The van der Waals surface area contributed by atoms with Gasteiger partial charge in [-0.05, 0) is 12.8 Å². The second-order valence-electron chi connectivity index (χ2n) is 10.6. The maximum absolute atomic E-state index is 12.8. The molecule has 0 saturated carbocycles. The molecule has 4 aromatic carbocycles. The van der Waals surface area contributed by atoms with Gasteiger partial charge in [0.05, 0.1) is 11.1 Å². The van der Waals surface area contributed by atoms with Gasteiger partial charge in [0.2, 0.25) is 0 Å². The van der Waals surface area contributed by atoms with Crippen molar-refractivity contribution in [3.8, 4) is 0 Å². The smallest absolute Gasteiger partial charge is 0.304 e. The fourth-order valence-corrected chi connectivity index (χ4v) is 13.9. The van der Waals surface area contributed by atoms with Crippen molar-refractivity contribution in [3.63, 3.8) is 0 Å². The zero-order valence-corrected chi connectivity index (χ0v) is 25.0. The lowest BCUT2D eigenvalue weighted by Crippen LogP contribution is -2.61. The first kappa shape index (κ1) is 29.0. The van der Waals surface area contributed by atoms with E-state index in [-0.39, 0.29) is 0 Å². The maximum atomic E-state index is 12.8. The Morgan fingerprint density at radius 2 is 0.750 bits per heavy atom. The molecule has 0 saturated heterocycles. The second kappa shape index (κ2) is 12.9. The molecule has 0 amide bonds. The number of hydrogen-bond donors (Lipinski definition) is 2. The highest BCUT2D eigenvalue weighted by atomic mass is 28.3. The van der Waals surface area contributed by atoms with Crippen molar-refractivity contribution in [2.45, 2.75) is 37.0 Å². The highest BCUT2D eigenvalue weighted by molar-refractivity contribution is 7.04. The van der Waals surface area contributed by atoms with Gasteiger partial charge in [-0.1, -0.05) is 167 Å². The number of aliphatic carboxylic acids is 2. The molecule has 4 nitrogen and oxygen atoms in total. The van der Waals surface area contributed by atoms with Gasteiger partial charge in [-0.2, -0.15) is 0 Å². The van der Waals surface area contributed by atoms with Gasteiger partial charge in [0, 0.05) is 0 Å². The Balaban J connectivity index is 1.67. The van der Waals surface area contributed by atoms with Gasteiger partial charge in [-0.15, -0.1) is 0 Å². The quantitative estimate of drug-likeness (QED) is 0.187. The van der Waals surface area contributed by atoms with E-state index in [2.05, 4.69) is 13.1 Å². The van der Waals surface area contributed by atoms with Gasteiger partial charge in [0.15, 0.2) is 0 Å². The molecule has 2 N–H and O–H groups in total. The number of carboxylic acids is 2. The average molecular weight is 565 g/mol. The zero-order chi connectivity index (χ0) is 28.6. The van der Waals surface area contributed by atoms with E-state index in [0.29, 0.717) is 12.8 Å². The summed E-state index contributed by atoms with van der Waals surface area (Å²) in [6.45, 7) is 4.25. The van der Waals surface area contributed by atoms with Gasteiger partial charge in [-0.25, -0.2) is 0 Å². The lowest BCUT2D eigenvalue weighted by Gasteiger charge is -2.35. The molecule has 0 fully saturated rings. The summed E-state index contributed by atoms with van der Waals surface area (Å²) in [5.41, 5.74) is -1.22. The lowest BCUT2D eigenvalue weighted by atomic mass is 10.2. The molecule has 0 spiro atoms. The van der Waals surface area contributed by atoms with Crippen LogP contribution in [0.5, 0.6) is 0 Å². The highest BCUT2D eigenvalue weighted by Gasteiger charge is 2.45. The van der Waals surface area contributed by atoms with Crippen LogP contribution in [0.2, 0.25) is 24.2 Å². The first-order valence-electron chi connectivity index (χ1n) is 13.6. The molecular formula is C34H36O4Si2. The number of rotatable bonds is 12. The zero-order valence-electron chi connectivity index (χ0n) is 23.0. The van der Waals surface area contributed by atoms with Crippen molar-refractivity contribution < 1.29 is 19.8 Å². The van der Waals surface area contributed by atoms with Crippen molar-refractivity contribution in [2.24, 2.45) is 0 Å². The summed E-state index contributed by atoms with van der Waals surface area (Å²) in [5.74, 6) is -1.65. The number of carbonyl (C=O) groups is 2. The Kier molecular flexibility index (Phi) is 9.35. The van der Waals surface area contributed by atoms with Crippen LogP contribution in [-0.4, -0.2) is 38.3 Å². The van der Waals surface area contributed by atoms with Crippen LogP contribution in [-0.2, 0) is 9.59 Å². The molecule has 4 rings (SSSR count). The number of carboxylic acid groups (broad SMARTS) is 2. The lowest BCUT2D eigenvalue weighted by molar-refractivity contribution is -0.138. The number of hydrogen-bond acceptors (Lipinski definition) is 2. The van der Waals surface area contributed by atoms with E-state index in [4.69, 9.17) is 0 Å². The molecule has 0 aliphatic carbocycles. The summed E-state index contributed by atoms with van der Waals surface area (Å²) in [6.07, 6.45) is 4.47. The predicted octanol–water partition coefficient (Wildman–Crippen LogP) is 5.02. The molecule has 0 aromatic heterocycles. The predicted molar refractivity (Wildman–Crippen MR) is 169 cm³/mol. The largest absolute Gasteiger partial charge is 0.481 e. The molecule has 40 heavy (non-hydrogen) atoms. The van der Waals surface area contributed by atoms with Crippen LogP contribution in [0.25, 0.3) is 0 Å². The monoisotopic (exact) mass is 564 g/mol. The summed E-state index contributed by atoms with van der Waals surface area (Å²) >= 11 is 0. The minimum atomic E-state index is -2.69. The average Bonchev–Trinajstić information content (AvgIpc) is 2.99. The van der Waals surface area contributed by atoms with Crippen LogP contribution in [0.3, 0.4) is 0 Å². The van der Waals surface area contributed by atoms with Crippen LogP contribution < -0.4 is 20.7 Å². The molecule has 0 aliphatic heterocycles. The summed E-state index contributed by atoms with van der Waals surface area (Å²) in [7, 11) is -5.39. The van der Waals surface area contributed by atoms with Crippen LogP contribution in [0.1, 0.15) is 12.8 Å². The fourth-order valence-electron chi connectivity index (χ4n) is 5.91.